The summed E-state index contributed by atoms with van der Waals surface area (Å²) in [5.41, 5.74) is 10.9. The van der Waals surface area contributed by atoms with Gasteiger partial charge in [-0.15, -0.1) is 0 Å². The van der Waals surface area contributed by atoms with E-state index in [1.54, 1.807) is 18.3 Å². The summed E-state index contributed by atoms with van der Waals surface area (Å²) in [7, 11) is 0. The van der Waals surface area contributed by atoms with Gasteiger partial charge in [0.25, 0.3) is 0 Å². The largest absolute Gasteiger partial charge is 0.379 e. The van der Waals surface area contributed by atoms with Crippen LogP contribution in [0.4, 0.5) is 10.2 Å². The van der Waals surface area contributed by atoms with Crippen molar-refractivity contribution >= 4 is 28.5 Å². The molecule has 1 aliphatic carbocycles. The summed E-state index contributed by atoms with van der Waals surface area (Å²) >= 11 is 6.82. The maximum Gasteiger partial charge on any atom is 0.129 e. The second-order valence-electron chi connectivity index (χ2n) is 12.3. The van der Waals surface area contributed by atoms with E-state index < -0.39 is 0 Å². The Morgan fingerprint density at radius 1 is 1.05 bits per heavy atom. The van der Waals surface area contributed by atoms with E-state index in [1.165, 1.54) is 6.07 Å². The van der Waals surface area contributed by atoms with Crippen LogP contribution in [-0.4, -0.2) is 69.9 Å². The molecule has 3 heterocycles. The van der Waals surface area contributed by atoms with E-state index in [0.717, 1.165) is 92.1 Å². The highest BCUT2D eigenvalue weighted by Gasteiger charge is 2.34. The summed E-state index contributed by atoms with van der Waals surface area (Å²) in [6.45, 7) is 9.42. The molecule has 2 aromatic heterocycles. The Bertz CT molecular complexity index is 1530. The summed E-state index contributed by atoms with van der Waals surface area (Å²) in [4.78, 5) is 14.5. The molecule has 2 fully saturated rings. The van der Waals surface area contributed by atoms with Crippen molar-refractivity contribution < 1.29 is 9.13 Å². The zero-order chi connectivity index (χ0) is 29.3. The first-order valence-corrected chi connectivity index (χ1v) is 15.3. The first-order valence-electron chi connectivity index (χ1n) is 15.0. The Morgan fingerprint density at radius 3 is 2.60 bits per heavy atom. The number of rotatable bonds is 8. The van der Waals surface area contributed by atoms with Gasteiger partial charge in [0.05, 0.1) is 35.6 Å². The number of halogens is 2. The molecule has 2 aliphatic rings. The monoisotopic (exact) mass is 590 g/mol. The quantitative estimate of drug-likeness (QED) is 0.266. The Hall–Kier alpha value is -3.04. The molecule has 0 unspecified atom stereocenters. The molecule has 4 aromatic rings. The van der Waals surface area contributed by atoms with Crippen LogP contribution in [0.1, 0.15) is 45.1 Å². The van der Waals surface area contributed by atoms with Crippen molar-refractivity contribution in [3.8, 4) is 11.1 Å². The topological polar surface area (TPSA) is 72.4 Å². The Labute approximate surface area is 252 Å². The van der Waals surface area contributed by atoms with Crippen molar-refractivity contribution in [2.75, 3.05) is 37.7 Å². The van der Waals surface area contributed by atoms with Crippen molar-refractivity contribution in [3.63, 3.8) is 0 Å². The average molecular weight is 591 g/mol. The van der Waals surface area contributed by atoms with Crippen LogP contribution in [0.5, 0.6) is 0 Å². The Morgan fingerprint density at radius 2 is 1.83 bits per heavy atom. The smallest absolute Gasteiger partial charge is 0.129 e. The molecule has 0 amide bonds. The van der Waals surface area contributed by atoms with E-state index in [4.69, 9.17) is 27.1 Å². The Kier molecular flexibility index (Phi) is 8.50. The van der Waals surface area contributed by atoms with Crippen LogP contribution >= 0.6 is 11.6 Å². The number of aromatic nitrogens is 3. The van der Waals surface area contributed by atoms with Gasteiger partial charge in [-0.2, -0.15) is 0 Å². The summed E-state index contributed by atoms with van der Waals surface area (Å²) < 4.78 is 21.5. The maximum atomic E-state index is 13.8. The van der Waals surface area contributed by atoms with Crippen LogP contribution in [0.2, 0.25) is 5.02 Å². The zero-order valence-electron chi connectivity index (χ0n) is 24.5. The van der Waals surface area contributed by atoms with Crippen LogP contribution in [0.15, 0.2) is 61.1 Å². The number of morpholine rings is 1. The minimum Gasteiger partial charge on any atom is -0.379 e. The van der Waals surface area contributed by atoms with E-state index in [9.17, 15) is 4.39 Å². The normalized spacial score (nSPS) is 20.2. The fourth-order valence-corrected chi connectivity index (χ4v) is 6.70. The van der Waals surface area contributed by atoms with Gasteiger partial charge < -0.3 is 19.9 Å². The molecule has 2 aromatic carbocycles. The predicted octanol–water partition coefficient (Wildman–Crippen LogP) is 6.13. The van der Waals surface area contributed by atoms with Crippen molar-refractivity contribution in [1.29, 1.82) is 0 Å². The highest BCUT2D eigenvalue weighted by atomic mass is 35.5. The van der Waals surface area contributed by atoms with Gasteiger partial charge in [0.2, 0.25) is 0 Å². The molecule has 1 saturated heterocycles. The number of anilines is 1. The first-order chi connectivity index (χ1) is 20.3. The second kappa shape index (κ2) is 12.3. The SMILES string of the molecule is CC(C)(CN(c1cc(-c2ccc3ncn(Cc4cccc(F)c4)c3c2)c(Cl)cn1)C1CCC(N)CC1)N1CCOCC1. The minimum absolute atomic E-state index is 0.0624. The fraction of sp³-hybridized carbons (Fsp3) is 0.455. The molecule has 0 radical (unpaired) electrons. The van der Waals surface area contributed by atoms with E-state index in [0.29, 0.717) is 17.6 Å². The molecule has 1 aliphatic heterocycles. The fourth-order valence-electron chi connectivity index (χ4n) is 6.48. The first kappa shape index (κ1) is 29.1. The van der Waals surface area contributed by atoms with E-state index >= 15 is 0 Å². The molecule has 0 bridgehead atoms. The standard InChI is InChI=1S/C33H40ClFN6O/c1-33(2,40-12-14-42-15-13-40)21-41(27-9-7-26(36)8-10-27)32-18-28(29(34)19-37-32)24-6-11-30-31(17-24)39(22-38-30)20-23-4-3-5-25(35)16-23/h3-6,11,16-19,22,26-27H,7-10,12-15,20-21,36H2,1-2H3. The number of benzene rings is 2. The minimum atomic E-state index is -0.241. The van der Waals surface area contributed by atoms with E-state index in [2.05, 4.69) is 46.8 Å². The molecular weight excluding hydrogens is 551 g/mol. The number of pyridine rings is 1. The number of nitrogens with two attached hydrogens (primary N) is 1. The number of hydrogen-bond acceptors (Lipinski definition) is 6. The van der Waals surface area contributed by atoms with Gasteiger partial charge in [0.15, 0.2) is 0 Å². The van der Waals surface area contributed by atoms with Gasteiger partial charge in [0.1, 0.15) is 11.6 Å². The van der Waals surface area contributed by atoms with Crippen molar-refractivity contribution in [2.45, 2.75) is 63.7 Å². The highest BCUT2D eigenvalue weighted by molar-refractivity contribution is 6.33. The zero-order valence-corrected chi connectivity index (χ0v) is 25.2. The lowest BCUT2D eigenvalue weighted by atomic mass is 9.89. The molecule has 9 heteroatoms. The number of ether oxygens (including phenoxy) is 1. The summed E-state index contributed by atoms with van der Waals surface area (Å²) in [6.07, 6.45) is 7.72. The summed E-state index contributed by atoms with van der Waals surface area (Å²) in [5, 5.41) is 0.604. The van der Waals surface area contributed by atoms with Gasteiger partial charge in [-0.05, 0) is 81.0 Å². The van der Waals surface area contributed by atoms with Crippen molar-refractivity contribution in [2.24, 2.45) is 5.73 Å². The maximum absolute atomic E-state index is 13.8. The molecule has 42 heavy (non-hydrogen) atoms. The lowest BCUT2D eigenvalue weighted by Crippen LogP contribution is -2.57. The van der Waals surface area contributed by atoms with Crippen molar-refractivity contribution in [1.82, 2.24) is 19.4 Å². The van der Waals surface area contributed by atoms with Gasteiger partial charge in [-0.1, -0.05) is 29.8 Å². The third kappa shape index (κ3) is 6.32. The highest BCUT2D eigenvalue weighted by Crippen LogP contribution is 2.35. The van der Waals surface area contributed by atoms with Crippen LogP contribution in [0.3, 0.4) is 0 Å². The predicted molar refractivity (Wildman–Crippen MR) is 168 cm³/mol. The molecule has 1 saturated carbocycles. The van der Waals surface area contributed by atoms with E-state index in [1.807, 2.05) is 23.0 Å². The lowest BCUT2D eigenvalue weighted by molar-refractivity contribution is -0.00828. The lowest BCUT2D eigenvalue weighted by Gasteiger charge is -2.46. The third-order valence-electron chi connectivity index (χ3n) is 8.92. The van der Waals surface area contributed by atoms with Crippen LogP contribution in [0, 0.1) is 5.82 Å². The molecule has 0 spiro atoms. The van der Waals surface area contributed by atoms with Gasteiger partial charge >= 0.3 is 0 Å². The van der Waals surface area contributed by atoms with Gasteiger partial charge in [-0.25, -0.2) is 14.4 Å². The average Bonchev–Trinajstić information content (AvgIpc) is 3.39. The Balaban J connectivity index is 1.34. The van der Waals surface area contributed by atoms with Crippen molar-refractivity contribution in [3.05, 3.63) is 77.5 Å². The molecular formula is C33H40ClFN6O. The summed E-state index contributed by atoms with van der Waals surface area (Å²) in [5.74, 6) is 0.694. The van der Waals surface area contributed by atoms with Gasteiger partial charge in [-0.3, -0.25) is 4.90 Å². The summed E-state index contributed by atoms with van der Waals surface area (Å²) in [6, 6.07) is 15.7. The number of hydrogen-bond donors (Lipinski definition) is 1. The molecule has 222 valence electrons. The van der Waals surface area contributed by atoms with E-state index in [-0.39, 0.29) is 17.4 Å². The number of nitrogens with zero attached hydrogens (tertiary/aromatic N) is 5. The molecule has 6 rings (SSSR count). The second-order valence-corrected chi connectivity index (χ2v) is 12.7. The van der Waals surface area contributed by atoms with Crippen LogP contribution in [0.25, 0.3) is 22.2 Å². The molecule has 0 atom stereocenters. The van der Waals surface area contributed by atoms with Gasteiger partial charge in [0, 0.05) is 55.6 Å². The number of imidazole rings is 1. The third-order valence-corrected chi connectivity index (χ3v) is 9.22. The number of fused-ring (bicyclic) bond motifs is 1. The van der Waals surface area contributed by atoms with Crippen LogP contribution < -0.4 is 10.6 Å². The molecule has 2 N–H and O–H groups in total. The van der Waals surface area contributed by atoms with Crippen LogP contribution in [-0.2, 0) is 11.3 Å². The molecule has 7 nitrogen and oxygen atoms in total.